The Bertz CT molecular complexity index is 1750. The van der Waals surface area contributed by atoms with E-state index in [1.807, 2.05) is 48.5 Å². The van der Waals surface area contributed by atoms with Gasteiger partial charge in [0.2, 0.25) is 0 Å². The predicted molar refractivity (Wildman–Crippen MR) is 171 cm³/mol. The van der Waals surface area contributed by atoms with Crippen LogP contribution in [0.5, 0.6) is 5.75 Å². The van der Waals surface area contributed by atoms with E-state index in [9.17, 15) is 14.4 Å². The minimum atomic E-state index is -0.770. The summed E-state index contributed by atoms with van der Waals surface area (Å²) in [5.41, 5.74) is 6.55. The number of nitrogens with one attached hydrogen (secondary N) is 1. The van der Waals surface area contributed by atoms with Gasteiger partial charge in [-0.2, -0.15) is 0 Å². The highest BCUT2D eigenvalue weighted by Crippen LogP contribution is 2.50. The second-order valence-corrected chi connectivity index (χ2v) is 11.7. The smallest absolute Gasteiger partial charge is 0.335 e. The van der Waals surface area contributed by atoms with Gasteiger partial charge < -0.3 is 9.64 Å². The number of hydrogen-bond donors (Lipinski definition) is 1. The van der Waals surface area contributed by atoms with Crippen LogP contribution >= 0.6 is 11.6 Å². The number of halogens is 1. The minimum Gasteiger partial charge on any atom is -0.495 e. The molecule has 0 aromatic heterocycles. The second-order valence-electron chi connectivity index (χ2n) is 11.3. The number of rotatable bonds is 5. The Morgan fingerprint density at radius 2 is 1.41 bits per heavy atom. The molecule has 1 N–H and O–H groups in total. The van der Waals surface area contributed by atoms with Crippen molar-refractivity contribution < 1.29 is 19.1 Å². The Balaban J connectivity index is 1.38. The first kappa shape index (κ1) is 27.9. The monoisotopic (exact) mass is 603 g/mol. The topological polar surface area (TPSA) is 79.0 Å². The molecule has 3 heterocycles. The highest BCUT2D eigenvalue weighted by atomic mass is 35.5. The largest absolute Gasteiger partial charge is 0.495 e. The summed E-state index contributed by atoms with van der Waals surface area (Å²) < 4.78 is 5.23. The van der Waals surface area contributed by atoms with Gasteiger partial charge in [0.1, 0.15) is 11.3 Å². The van der Waals surface area contributed by atoms with Crippen LogP contribution in [0.3, 0.4) is 0 Å². The average molecular weight is 604 g/mol. The molecule has 2 atom stereocenters. The molecule has 0 aliphatic carbocycles. The van der Waals surface area contributed by atoms with Gasteiger partial charge in [-0.25, -0.2) is 9.69 Å². The number of carbonyl (C=O) groups excluding carboxylic acids is 3. The van der Waals surface area contributed by atoms with E-state index in [0.717, 1.165) is 42.0 Å². The van der Waals surface area contributed by atoms with Crippen molar-refractivity contribution in [3.05, 3.63) is 129 Å². The molecule has 3 aliphatic heterocycles. The first-order valence-electron chi connectivity index (χ1n) is 14.7. The molecule has 0 spiro atoms. The Kier molecular flexibility index (Phi) is 7.18. The maximum atomic E-state index is 14.0. The summed E-state index contributed by atoms with van der Waals surface area (Å²) in [6.07, 6.45) is 3.28. The fourth-order valence-corrected chi connectivity index (χ4v) is 7.07. The quantitative estimate of drug-likeness (QED) is 0.198. The van der Waals surface area contributed by atoms with Crippen molar-refractivity contribution >= 4 is 46.9 Å². The lowest BCUT2D eigenvalue weighted by atomic mass is 9.76. The number of carbonyl (C=O) groups is 3. The van der Waals surface area contributed by atoms with Gasteiger partial charge in [0.05, 0.1) is 17.8 Å². The van der Waals surface area contributed by atoms with Crippen LogP contribution in [0.15, 0.2) is 96.6 Å². The number of amides is 4. The maximum absolute atomic E-state index is 14.0. The van der Waals surface area contributed by atoms with Crippen molar-refractivity contribution in [3.63, 3.8) is 0 Å². The Labute approximate surface area is 260 Å². The lowest BCUT2D eigenvalue weighted by Gasteiger charge is -2.44. The number of methoxy groups -OCH3 is 1. The molecule has 4 aromatic carbocycles. The van der Waals surface area contributed by atoms with Crippen molar-refractivity contribution in [3.8, 4) is 5.75 Å². The normalized spacial score (nSPS) is 20.4. The fraction of sp³-hybridized carbons (Fsp3) is 0.194. The van der Waals surface area contributed by atoms with Crippen LogP contribution in [0.4, 0.5) is 16.2 Å². The van der Waals surface area contributed by atoms with Crippen molar-refractivity contribution in [2.75, 3.05) is 30.0 Å². The summed E-state index contributed by atoms with van der Waals surface area (Å²) in [4.78, 5) is 43.9. The summed E-state index contributed by atoms with van der Waals surface area (Å²) in [7, 11) is 1.51. The molecule has 220 valence electrons. The van der Waals surface area contributed by atoms with Crippen molar-refractivity contribution in [1.82, 2.24) is 5.32 Å². The molecule has 44 heavy (non-hydrogen) atoms. The highest BCUT2D eigenvalue weighted by molar-refractivity contribution is 6.39. The third kappa shape index (κ3) is 4.83. The van der Waals surface area contributed by atoms with Crippen molar-refractivity contribution in [1.29, 1.82) is 0 Å². The van der Waals surface area contributed by atoms with Crippen LogP contribution in [0.2, 0.25) is 5.02 Å². The van der Waals surface area contributed by atoms with Gasteiger partial charge in [0.25, 0.3) is 11.8 Å². The summed E-state index contributed by atoms with van der Waals surface area (Å²) in [5, 5.41) is 2.73. The molecule has 0 unspecified atom stereocenters. The number of nitrogens with zero attached hydrogens (tertiary/aromatic N) is 2. The number of imide groups is 2. The van der Waals surface area contributed by atoms with Gasteiger partial charge in [0.15, 0.2) is 0 Å². The van der Waals surface area contributed by atoms with Crippen LogP contribution < -0.4 is 19.9 Å². The lowest BCUT2D eigenvalue weighted by Crippen LogP contribution is -2.54. The zero-order valence-corrected chi connectivity index (χ0v) is 24.9. The van der Waals surface area contributed by atoms with Gasteiger partial charge >= 0.3 is 6.03 Å². The summed E-state index contributed by atoms with van der Waals surface area (Å²) >= 11 is 6.31. The van der Waals surface area contributed by atoms with Gasteiger partial charge in [0, 0.05) is 30.6 Å². The van der Waals surface area contributed by atoms with Gasteiger partial charge in [-0.1, -0.05) is 78.3 Å². The molecule has 1 fully saturated rings. The first-order valence-corrected chi connectivity index (χ1v) is 15.1. The Hall–Kier alpha value is -4.88. The molecule has 8 heteroatoms. The van der Waals surface area contributed by atoms with Crippen LogP contribution in [-0.2, 0) is 9.59 Å². The lowest BCUT2D eigenvalue weighted by molar-refractivity contribution is -0.122. The summed E-state index contributed by atoms with van der Waals surface area (Å²) in [6, 6.07) is 28.9. The van der Waals surface area contributed by atoms with Crippen LogP contribution in [0, 0.1) is 0 Å². The molecule has 0 bridgehead atoms. The SMILES string of the molecule is COc1ccc(/C=C2\C(=O)NC(=O)N(c3cc4c5c(c3)[C@H](c3ccccc3)CCN5CC[C@@H]4c3ccccc3)C2=O)cc1Cl. The fourth-order valence-electron chi connectivity index (χ4n) is 6.80. The first-order chi connectivity index (χ1) is 21.4. The van der Waals surface area contributed by atoms with E-state index in [1.165, 1.54) is 30.0 Å². The zero-order valence-electron chi connectivity index (χ0n) is 24.1. The molecular weight excluding hydrogens is 574 g/mol. The van der Waals surface area contributed by atoms with E-state index in [2.05, 4.69) is 34.5 Å². The minimum absolute atomic E-state index is 0.0942. The standard InChI is InChI=1S/C36H30ClN3O4/c1-44-32-13-12-22(19-31(32)37)18-30-34(41)38-36(43)40(35(30)42)25-20-28-26(23-8-4-2-5-9-23)14-16-39-17-15-27(29(21-25)33(28)39)24-10-6-3-7-11-24/h2-13,18-21,26-27H,14-17H2,1H3,(H,38,41,43)/b30-18+/t26-,27+. The van der Waals surface area contributed by atoms with Gasteiger partial charge in [-0.15, -0.1) is 0 Å². The van der Waals surface area contributed by atoms with Crippen LogP contribution in [0.1, 0.15) is 52.5 Å². The predicted octanol–water partition coefficient (Wildman–Crippen LogP) is 6.89. The highest BCUT2D eigenvalue weighted by Gasteiger charge is 2.40. The van der Waals surface area contributed by atoms with Gasteiger partial charge in [-0.05, 0) is 71.0 Å². The number of benzene rings is 4. The zero-order chi connectivity index (χ0) is 30.4. The van der Waals surface area contributed by atoms with E-state index >= 15 is 0 Å². The third-order valence-electron chi connectivity index (χ3n) is 8.85. The molecule has 1 saturated heterocycles. The van der Waals surface area contributed by atoms with E-state index in [1.54, 1.807) is 18.2 Å². The Morgan fingerprint density at radius 1 is 0.818 bits per heavy atom. The number of urea groups is 1. The third-order valence-corrected chi connectivity index (χ3v) is 9.14. The van der Waals surface area contributed by atoms with E-state index in [0.29, 0.717) is 22.0 Å². The number of hydrogen-bond acceptors (Lipinski definition) is 5. The van der Waals surface area contributed by atoms with E-state index < -0.39 is 17.8 Å². The summed E-state index contributed by atoms with van der Waals surface area (Å²) in [6.45, 7) is 1.85. The van der Waals surface area contributed by atoms with E-state index in [-0.39, 0.29) is 17.4 Å². The molecule has 3 aliphatic rings. The summed E-state index contributed by atoms with van der Waals surface area (Å²) in [5.74, 6) is -0.775. The Morgan fingerprint density at radius 3 is 1.95 bits per heavy atom. The molecule has 4 aromatic rings. The van der Waals surface area contributed by atoms with Crippen molar-refractivity contribution in [2.24, 2.45) is 0 Å². The van der Waals surface area contributed by atoms with Crippen molar-refractivity contribution in [2.45, 2.75) is 24.7 Å². The molecule has 0 saturated carbocycles. The van der Waals surface area contributed by atoms with Crippen LogP contribution in [-0.4, -0.2) is 38.0 Å². The number of ether oxygens (including phenoxy) is 1. The molecule has 7 rings (SSSR count). The van der Waals surface area contributed by atoms with Crippen LogP contribution in [0.25, 0.3) is 6.08 Å². The van der Waals surface area contributed by atoms with Gasteiger partial charge in [-0.3, -0.25) is 14.9 Å². The average Bonchev–Trinajstić information content (AvgIpc) is 3.04. The molecule has 4 amide bonds. The molecule has 7 nitrogen and oxygen atoms in total. The van der Waals surface area contributed by atoms with E-state index in [4.69, 9.17) is 16.3 Å². The second kappa shape index (κ2) is 11.3. The number of barbiturate groups is 1. The molecular formula is C36H30ClN3O4. The number of anilines is 2. The maximum Gasteiger partial charge on any atom is 0.335 e. The molecule has 0 radical (unpaired) electrons.